The van der Waals surface area contributed by atoms with Crippen LogP contribution < -0.4 is 4.74 Å². The van der Waals surface area contributed by atoms with Crippen molar-refractivity contribution in [2.75, 3.05) is 32.6 Å². The molecule has 33 heavy (non-hydrogen) atoms. The molecule has 1 amide bonds. The van der Waals surface area contributed by atoms with Crippen LogP contribution in [0.5, 0.6) is 5.88 Å². The van der Waals surface area contributed by atoms with Gasteiger partial charge in [-0.25, -0.2) is 23.0 Å². The van der Waals surface area contributed by atoms with Gasteiger partial charge >= 0.3 is 12.1 Å². The molecule has 10 nitrogen and oxygen atoms in total. The van der Waals surface area contributed by atoms with Gasteiger partial charge in [-0.2, -0.15) is 4.98 Å². The van der Waals surface area contributed by atoms with Crippen LogP contribution in [0.25, 0.3) is 0 Å². The zero-order valence-electron chi connectivity index (χ0n) is 19.3. The van der Waals surface area contributed by atoms with Crippen LogP contribution in [0.2, 0.25) is 5.15 Å². The molecular formula is C21H30ClN3O7S. The molecule has 0 aromatic carbocycles. The maximum Gasteiger partial charge on any atom is 0.410 e. The minimum Gasteiger partial charge on any atom is -0.477 e. The summed E-state index contributed by atoms with van der Waals surface area (Å²) in [7, 11) is -3.78. The van der Waals surface area contributed by atoms with Crippen molar-refractivity contribution in [3.8, 4) is 5.88 Å². The molecule has 1 aromatic rings. The molecule has 0 radical (unpaired) electrons. The average Bonchev–Trinajstić information content (AvgIpc) is 2.70. The number of nitrogens with zero attached hydrogens (tertiary/aromatic N) is 3. The van der Waals surface area contributed by atoms with Crippen LogP contribution in [-0.4, -0.2) is 73.5 Å². The number of amides is 1. The van der Waals surface area contributed by atoms with Crippen molar-refractivity contribution in [3.05, 3.63) is 23.4 Å². The average molecular weight is 504 g/mol. The number of carbonyl (C=O) groups excluding carboxylic acids is 2. The van der Waals surface area contributed by atoms with Gasteiger partial charge in [-0.1, -0.05) is 24.3 Å². The van der Waals surface area contributed by atoms with Crippen molar-refractivity contribution in [2.24, 2.45) is 5.92 Å². The molecule has 0 aliphatic carbocycles. The van der Waals surface area contributed by atoms with E-state index in [1.54, 1.807) is 4.90 Å². The van der Waals surface area contributed by atoms with Crippen LogP contribution >= 0.6 is 11.6 Å². The van der Waals surface area contributed by atoms with Gasteiger partial charge in [-0.05, 0) is 46.0 Å². The summed E-state index contributed by atoms with van der Waals surface area (Å²) in [5.74, 6) is -0.831. The smallest absolute Gasteiger partial charge is 0.410 e. The number of hydrogen-bond donors (Lipinski definition) is 0. The van der Waals surface area contributed by atoms with Gasteiger partial charge in [0.2, 0.25) is 15.7 Å². The molecule has 0 N–H and O–H groups in total. The van der Waals surface area contributed by atoms with Crippen molar-refractivity contribution in [2.45, 2.75) is 50.8 Å². The Morgan fingerprint density at radius 1 is 1.24 bits per heavy atom. The van der Waals surface area contributed by atoms with E-state index in [0.717, 1.165) is 19.1 Å². The van der Waals surface area contributed by atoms with Crippen LogP contribution in [0, 0.1) is 5.92 Å². The lowest BCUT2D eigenvalue weighted by Gasteiger charge is -2.33. The van der Waals surface area contributed by atoms with Gasteiger partial charge in [0, 0.05) is 19.3 Å². The minimum absolute atomic E-state index is 0.0708. The van der Waals surface area contributed by atoms with Crippen LogP contribution in [0.3, 0.4) is 0 Å². The van der Waals surface area contributed by atoms with Gasteiger partial charge in [0.25, 0.3) is 5.16 Å². The molecule has 1 aliphatic heterocycles. The van der Waals surface area contributed by atoms with Crippen molar-refractivity contribution in [1.29, 1.82) is 0 Å². The molecule has 1 saturated heterocycles. The SMILES string of the molecule is C=CCOC(=O)c1c(Cl)nc(S(C)(=O)=O)nc1OCCC1CCN(C(=O)OC(C)(C)C)CC1. The quantitative estimate of drug-likeness (QED) is 0.227. The first-order chi connectivity index (χ1) is 15.3. The van der Waals surface area contributed by atoms with Gasteiger partial charge in [0.05, 0.1) is 6.61 Å². The number of likely N-dealkylation sites (tertiary alicyclic amines) is 1. The van der Waals surface area contributed by atoms with E-state index in [1.165, 1.54) is 6.08 Å². The van der Waals surface area contributed by atoms with E-state index in [-0.39, 0.29) is 41.8 Å². The predicted octanol–water partition coefficient (Wildman–Crippen LogP) is 3.29. The summed E-state index contributed by atoms with van der Waals surface area (Å²) in [6.07, 6.45) is 4.10. The molecule has 1 aliphatic rings. The summed E-state index contributed by atoms with van der Waals surface area (Å²) in [4.78, 5) is 33.8. The standard InChI is InChI=1S/C21H30ClN3O7S/c1-6-12-31-18(26)15-16(22)23-19(33(5,28)29)24-17(15)30-13-9-14-7-10-25(11-8-14)20(27)32-21(2,3)4/h6,14H,1,7-13H2,2-5H3. The van der Waals surface area contributed by atoms with E-state index in [4.69, 9.17) is 25.8 Å². The van der Waals surface area contributed by atoms with Gasteiger partial charge in [-0.3, -0.25) is 0 Å². The molecule has 0 saturated carbocycles. The van der Waals surface area contributed by atoms with Crippen LogP contribution in [0.15, 0.2) is 17.8 Å². The highest BCUT2D eigenvalue weighted by Gasteiger charge is 2.28. The molecule has 184 valence electrons. The fourth-order valence-corrected chi connectivity index (χ4v) is 3.89. The van der Waals surface area contributed by atoms with Gasteiger partial charge in [0.1, 0.15) is 12.2 Å². The Bertz CT molecular complexity index is 984. The molecule has 0 spiro atoms. The van der Waals surface area contributed by atoms with E-state index >= 15 is 0 Å². The van der Waals surface area contributed by atoms with Crippen molar-refractivity contribution in [3.63, 3.8) is 0 Å². The highest BCUT2D eigenvalue weighted by Crippen LogP contribution is 2.27. The van der Waals surface area contributed by atoms with Crippen LogP contribution in [0.4, 0.5) is 4.79 Å². The van der Waals surface area contributed by atoms with E-state index in [1.807, 2.05) is 20.8 Å². The summed E-state index contributed by atoms with van der Waals surface area (Å²) in [6, 6.07) is 0. The second kappa shape index (κ2) is 11.1. The number of carbonyl (C=O) groups is 2. The van der Waals surface area contributed by atoms with Crippen molar-refractivity contribution >= 4 is 33.5 Å². The van der Waals surface area contributed by atoms with Crippen molar-refractivity contribution in [1.82, 2.24) is 14.9 Å². The molecule has 1 fully saturated rings. The van der Waals surface area contributed by atoms with E-state index in [2.05, 4.69) is 16.5 Å². The first kappa shape index (κ1) is 26.8. The van der Waals surface area contributed by atoms with Crippen LogP contribution in [-0.2, 0) is 19.3 Å². The molecule has 0 bridgehead atoms. The maximum absolute atomic E-state index is 12.4. The second-order valence-corrected chi connectivity index (χ2v) is 11.0. The Kier molecular flexibility index (Phi) is 9.07. The first-order valence-corrected chi connectivity index (χ1v) is 12.7. The lowest BCUT2D eigenvalue weighted by atomic mass is 9.94. The Labute approximate surface area is 199 Å². The minimum atomic E-state index is -3.78. The molecular weight excluding hydrogens is 474 g/mol. The normalized spacial score (nSPS) is 15.1. The molecule has 2 heterocycles. The molecule has 1 aromatic heterocycles. The predicted molar refractivity (Wildman–Crippen MR) is 121 cm³/mol. The summed E-state index contributed by atoms with van der Waals surface area (Å²) < 4.78 is 39.8. The molecule has 0 unspecified atom stereocenters. The third-order valence-electron chi connectivity index (χ3n) is 4.71. The van der Waals surface area contributed by atoms with Gasteiger partial charge < -0.3 is 19.1 Å². The summed E-state index contributed by atoms with van der Waals surface area (Å²) in [6.45, 7) is 10.2. The highest BCUT2D eigenvalue weighted by atomic mass is 35.5. The highest BCUT2D eigenvalue weighted by molar-refractivity contribution is 7.90. The van der Waals surface area contributed by atoms with E-state index in [9.17, 15) is 18.0 Å². The zero-order valence-corrected chi connectivity index (χ0v) is 20.9. The van der Waals surface area contributed by atoms with E-state index in [0.29, 0.717) is 19.5 Å². The lowest BCUT2D eigenvalue weighted by Crippen LogP contribution is -2.41. The Morgan fingerprint density at radius 3 is 2.42 bits per heavy atom. The maximum atomic E-state index is 12.4. The Balaban J connectivity index is 2.03. The van der Waals surface area contributed by atoms with E-state index < -0.39 is 26.6 Å². The first-order valence-electron chi connectivity index (χ1n) is 10.5. The fraction of sp³-hybridized carbons (Fsp3) is 0.619. The number of ether oxygens (including phenoxy) is 3. The topological polar surface area (TPSA) is 125 Å². The van der Waals surface area contributed by atoms with Gasteiger partial charge in [-0.15, -0.1) is 0 Å². The summed E-state index contributed by atoms with van der Waals surface area (Å²) in [5.41, 5.74) is -0.790. The number of halogens is 1. The Morgan fingerprint density at radius 2 is 1.88 bits per heavy atom. The summed E-state index contributed by atoms with van der Waals surface area (Å²) in [5, 5.41) is -0.923. The van der Waals surface area contributed by atoms with Crippen molar-refractivity contribution < 1.29 is 32.2 Å². The third-order valence-corrected chi connectivity index (χ3v) is 5.83. The summed E-state index contributed by atoms with van der Waals surface area (Å²) >= 11 is 6.06. The lowest BCUT2D eigenvalue weighted by molar-refractivity contribution is 0.0177. The number of sulfone groups is 1. The van der Waals surface area contributed by atoms with Crippen LogP contribution in [0.1, 0.15) is 50.4 Å². The number of aromatic nitrogens is 2. The second-order valence-electron chi connectivity index (χ2n) is 8.68. The molecule has 12 heteroatoms. The number of rotatable bonds is 8. The largest absolute Gasteiger partial charge is 0.477 e. The zero-order chi connectivity index (χ0) is 24.8. The Hall–Kier alpha value is -2.40. The number of esters is 1. The number of hydrogen-bond acceptors (Lipinski definition) is 9. The third kappa shape index (κ3) is 8.15. The fourth-order valence-electron chi connectivity index (χ4n) is 3.10. The number of piperidine rings is 1. The monoisotopic (exact) mass is 503 g/mol. The van der Waals surface area contributed by atoms with Gasteiger partial charge in [0.15, 0.2) is 10.7 Å². The molecule has 0 atom stereocenters. The molecule has 2 rings (SSSR count).